The fraction of sp³-hybridized carbons (Fsp3) is 0.318. The van der Waals surface area contributed by atoms with Crippen LogP contribution in [0.1, 0.15) is 37.5 Å². The largest absolute Gasteiger partial charge is 0.440 e. The van der Waals surface area contributed by atoms with Gasteiger partial charge in [0, 0.05) is 12.6 Å². The summed E-state index contributed by atoms with van der Waals surface area (Å²) in [5.74, 6) is 2.14. The van der Waals surface area contributed by atoms with Gasteiger partial charge in [0.05, 0.1) is 28.0 Å². The lowest BCUT2D eigenvalue weighted by Crippen LogP contribution is -2.33. The van der Waals surface area contributed by atoms with Crippen molar-refractivity contribution in [3.63, 3.8) is 0 Å². The minimum absolute atomic E-state index is 0.104. The SMILES string of the molecule is CCC(C)N(Cc1nc2ccccc2c(=O)[nH]1)Cc1nc(-c2cccs2)oc1C. The smallest absolute Gasteiger partial charge is 0.258 e. The van der Waals surface area contributed by atoms with Crippen molar-refractivity contribution in [2.45, 2.75) is 46.3 Å². The van der Waals surface area contributed by atoms with Gasteiger partial charge in [-0.05, 0) is 43.8 Å². The monoisotopic (exact) mass is 408 g/mol. The maximum absolute atomic E-state index is 12.4. The third-order valence-electron chi connectivity index (χ3n) is 5.21. The fourth-order valence-electron chi connectivity index (χ4n) is 3.30. The number of aryl methyl sites for hydroxylation is 1. The van der Waals surface area contributed by atoms with E-state index < -0.39 is 0 Å². The Morgan fingerprint density at radius 3 is 2.76 bits per heavy atom. The standard InChI is InChI=1S/C22H24N4O2S/c1-4-14(2)26(12-18-15(3)28-22(24-18)19-10-7-11-29-19)13-20-23-17-9-6-5-8-16(17)21(27)25-20/h5-11,14H,4,12-13H2,1-3H3,(H,23,25,27). The summed E-state index contributed by atoms with van der Waals surface area (Å²) in [4.78, 5) is 28.1. The average Bonchev–Trinajstić information content (AvgIpc) is 3.37. The van der Waals surface area contributed by atoms with Gasteiger partial charge in [-0.25, -0.2) is 9.97 Å². The molecule has 150 valence electrons. The Kier molecular flexibility index (Phi) is 5.60. The first kappa shape index (κ1) is 19.5. The summed E-state index contributed by atoms with van der Waals surface area (Å²) in [7, 11) is 0. The van der Waals surface area contributed by atoms with Crippen LogP contribution in [0.5, 0.6) is 0 Å². The first-order valence-corrected chi connectivity index (χ1v) is 10.6. The maximum atomic E-state index is 12.4. The molecular formula is C22H24N4O2S. The molecule has 6 nitrogen and oxygen atoms in total. The number of rotatable bonds is 7. The molecule has 4 aromatic rings. The van der Waals surface area contributed by atoms with E-state index in [1.165, 1.54) is 0 Å². The zero-order valence-electron chi connectivity index (χ0n) is 16.8. The van der Waals surface area contributed by atoms with Gasteiger partial charge in [-0.1, -0.05) is 25.1 Å². The highest BCUT2D eigenvalue weighted by atomic mass is 32.1. The molecule has 0 aliphatic carbocycles. The lowest BCUT2D eigenvalue weighted by molar-refractivity contribution is 0.178. The van der Waals surface area contributed by atoms with E-state index in [0.717, 1.165) is 22.8 Å². The third kappa shape index (κ3) is 4.16. The molecule has 1 aromatic carbocycles. The molecule has 4 rings (SSSR count). The van der Waals surface area contributed by atoms with Crippen LogP contribution in [-0.2, 0) is 13.1 Å². The number of nitrogens with one attached hydrogen (secondary N) is 1. The van der Waals surface area contributed by atoms with Crippen molar-refractivity contribution >= 4 is 22.2 Å². The van der Waals surface area contributed by atoms with Crippen LogP contribution in [0.4, 0.5) is 0 Å². The fourth-order valence-corrected chi connectivity index (χ4v) is 3.95. The molecule has 7 heteroatoms. The molecule has 29 heavy (non-hydrogen) atoms. The van der Waals surface area contributed by atoms with Gasteiger partial charge in [-0.2, -0.15) is 0 Å². The summed E-state index contributed by atoms with van der Waals surface area (Å²) in [6, 6.07) is 11.7. The molecule has 0 aliphatic heterocycles. The van der Waals surface area contributed by atoms with Crippen LogP contribution in [0.3, 0.4) is 0 Å². The molecule has 0 saturated heterocycles. The zero-order chi connectivity index (χ0) is 20.4. The molecule has 0 amide bonds. The van der Waals surface area contributed by atoms with Crippen molar-refractivity contribution in [2.75, 3.05) is 0 Å². The van der Waals surface area contributed by atoms with Crippen molar-refractivity contribution < 1.29 is 4.42 Å². The Labute approximate surface area is 173 Å². The molecule has 1 atom stereocenters. The quantitative estimate of drug-likeness (QED) is 0.478. The minimum atomic E-state index is -0.104. The Balaban J connectivity index is 1.62. The third-order valence-corrected chi connectivity index (χ3v) is 6.06. The Morgan fingerprint density at radius 2 is 2.00 bits per heavy atom. The number of para-hydroxylation sites is 1. The summed E-state index contributed by atoms with van der Waals surface area (Å²) in [6.45, 7) is 7.45. The number of benzene rings is 1. The number of hydrogen-bond acceptors (Lipinski definition) is 6. The Morgan fingerprint density at radius 1 is 1.17 bits per heavy atom. The Hall–Kier alpha value is -2.77. The molecule has 3 heterocycles. The van der Waals surface area contributed by atoms with Crippen molar-refractivity contribution in [1.82, 2.24) is 19.9 Å². The van der Waals surface area contributed by atoms with Crippen molar-refractivity contribution in [2.24, 2.45) is 0 Å². The van der Waals surface area contributed by atoms with Crippen molar-refractivity contribution in [1.29, 1.82) is 0 Å². The normalized spacial score (nSPS) is 12.7. The van der Waals surface area contributed by atoms with Crippen molar-refractivity contribution in [3.05, 3.63) is 69.4 Å². The lowest BCUT2D eigenvalue weighted by atomic mass is 10.2. The molecule has 0 radical (unpaired) electrons. The molecule has 0 spiro atoms. The average molecular weight is 409 g/mol. The lowest BCUT2D eigenvalue weighted by Gasteiger charge is -2.27. The first-order valence-electron chi connectivity index (χ1n) is 9.77. The first-order chi connectivity index (χ1) is 14.0. The topological polar surface area (TPSA) is 75.0 Å². The zero-order valence-corrected chi connectivity index (χ0v) is 17.6. The van der Waals surface area contributed by atoms with E-state index in [2.05, 4.69) is 28.7 Å². The summed E-state index contributed by atoms with van der Waals surface area (Å²) in [5, 5.41) is 2.63. The van der Waals surface area contributed by atoms with Gasteiger partial charge >= 0.3 is 0 Å². The maximum Gasteiger partial charge on any atom is 0.258 e. The predicted molar refractivity (Wildman–Crippen MR) is 116 cm³/mol. The number of nitrogens with zero attached hydrogens (tertiary/aromatic N) is 3. The molecule has 1 N–H and O–H groups in total. The minimum Gasteiger partial charge on any atom is -0.440 e. The van der Waals surface area contributed by atoms with E-state index in [0.29, 0.717) is 41.7 Å². The van der Waals surface area contributed by atoms with E-state index in [-0.39, 0.29) is 5.56 Å². The summed E-state index contributed by atoms with van der Waals surface area (Å²) >= 11 is 1.61. The number of fused-ring (bicyclic) bond motifs is 1. The number of aromatic nitrogens is 3. The van der Waals surface area contributed by atoms with Crippen LogP contribution in [0, 0.1) is 6.92 Å². The van der Waals surface area contributed by atoms with E-state index in [4.69, 9.17) is 9.40 Å². The second-order valence-corrected chi connectivity index (χ2v) is 8.14. The van der Waals surface area contributed by atoms with Crippen LogP contribution in [-0.4, -0.2) is 25.9 Å². The number of hydrogen-bond donors (Lipinski definition) is 1. The van der Waals surface area contributed by atoms with Gasteiger partial charge in [-0.15, -0.1) is 11.3 Å². The van der Waals surface area contributed by atoms with Gasteiger partial charge in [-0.3, -0.25) is 9.69 Å². The number of aromatic amines is 1. The molecule has 1 unspecified atom stereocenters. The van der Waals surface area contributed by atoms with Gasteiger partial charge in [0.2, 0.25) is 5.89 Å². The molecule has 0 bridgehead atoms. The molecule has 0 fully saturated rings. The van der Waals surface area contributed by atoms with Crippen molar-refractivity contribution in [3.8, 4) is 10.8 Å². The van der Waals surface area contributed by atoms with Crippen LogP contribution in [0.15, 0.2) is 51.0 Å². The predicted octanol–water partition coefficient (Wildman–Crippen LogP) is 4.75. The van der Waals surface area contributed by atoms with Crippen LogP contribution < -0.4 is 5.56 Å². The number of oxazole rings is 1. The number of thiophene rings is 1. The second kappa shape index (κ2) is 8.31. The molecule has 0 saturated carbocycles. The molecule has 3 aromatic heterocycles. The van der Waals surface area contributed by atoms with Gasteiger partial charge in [0.1, 0.15) is 11.6 Å². The van der Waals surface area contributed by atoms with E-state index in [1.807, 2.05) is 42.6 Å². The summed E-state index contributed by atoms with van der Waals surface area (Å²) in [5.41, 5.74) is 1.53. The van der Waals surface area contributed by atoms with Crippen LogP contribution >= 0.6 is 11.3 Å². The van der Waals surface area contributed by atoms with Gasteiger partial charge in [0.25, 0.3) is 5.56 Å². The van der Waals surface area contributed by atoms with E-state index in [1.54, 1.807) is 17.4 Å². The van der Waals surface area contributed by atoms with E-state index >= 15 is 0 Å². The molecular weight excluding hydrogens is 384 g/mol. The van der Waals surface area contributed by atoms with Crippen LogP contribution in [0.2, 0.25) is 0 Å². The summed E-state index contributed by atoms with van der Waals surface area (Å²) < 4.78 is 5.90. The molecule has 0 aliphatic rings. The highest BCUT2D eigenvalue weighted by Gasteiger charge is 2.20. The number of H-pyrrole nitrogens is 1. The highest BCUT2D eigenvalue weighted by molar-refractivity contribution is 7.13. The summed E-state index contributed by atoms with van der Waals surface area (Å²) in [6.07, 6.45) is 0.979. The van der Waals surface area contributed by atoms with Gasteiger partial charge < -0.3 is 9.40 Å². The second-order valence-electron chi connectivity index (χ2n) is 7.19. The van der Waals surface area contributed by atoms with E-state index in [9.17, 15) is 4.79 Å². The van der Waals surface area contributed by atoms with Gasteiger partial charge in [0.15, 0.2) is 0 Å². The Bertz CT molecular complexity index is 1160. The van der Waals surface area contributed by atoms with Crippen LogP contribution in [0.25, 0.3) is 21.7 Å². The highest BCUT2D eigenvalue weighted by Crippen LogP contribution is 2.27.